The Kier molecular flexibility index (Phi) is 5.65. The molecule has 0 saturated heterocycles. The van der Waals surface area contributed by atoms with Crippen LogP contribution >= 0.6 is 23.4 Å². The molecule has 0 bridgehead atoms. The minimum Gasteiger partial charge on any atom is -0.461 e. The zero-order valence-electron chi connectivity index (χ0n) is 11.4. The number of halogens is 2. The number of ether oxygens (including phenoxy) is 1. The Bertz CT molecular complexity index is 632. The van der Waals surface area contributed by atoms with Gasteiger partial charge in [0.25, 0.3) is 0 Å². The summed E-state index contributed by atoms with van der Waals surface area (Å²) in [6.07, 6.45) is 0. The normalized spacial score (nSPS) is 10.4. The maximum atomic E-state index is 13.6. The van der Waals surface area contributed by atoms with Crippen LogP contribution in [0.25, 0.3) is 0 Å². The highest BCUT2D eigenvalue weighted by atomic mass is 35.5. The van der Waals surface area contributed by atoms with Gasteiger partial charge in [-0.05, 0) is 17.7 Å². The lowest BCUT2D eigenvalue weighted by atomic mass is 10.2. The van der Waals surface area contributed by atoms with Crippen molar-refractivity contribution in [3.63, 3.8) is 0 Å². The topological polar surface area (TPSA) is 26.3 Å². The van der Waals surface area contributed by atoms with Crippen LogP contribution in [0.2, 0.25) is 5.02 Å². The molecule has 0 fully saturated rings. The monoisotopic (exact) mass is 324 g/mol. The van der Waals surface area contributed by atoms with E-state index in [0.29, 0.717) is 21.2 Å². The third kappa shape index (κ3) is 4.76. The molecule has 110 valence electrons. The molecule has 5 heteroatoms. The summed E-state index contributed by atoms with van der Waals surface area (Å²) in [5.41, 5.74) is 1.60. The second kappa shape index (κ2) is 7.48. The standard InChI is InChI=1S/C16H14ClFO2S/c1-11(19)20-9-13-7-14(18)8-15(16(13)17)21-10-12-5-3-2-4-6-12/h2-8H,9-10H2,1H3. The molecule has 2 rings (SSSR count). The lowest BCUT2D eigenvalue weighted by Gasteiger charge is -2.10. The first kappa shape index (κ1) is 15.9. The Morgan fingerprint density at radius 2 is 2.00 bits per heavy atom. The summed E-state index contributed by atoms with van der Waals surface area (Å²) in [6, 6.07) is 12.5. The highest BCUT2D eigenvalue weighted by Gasteiger charge is 2.11. The van der Waals surface area contributed by atoms with Gasteiger partial charge in [0.05, 0.1) is 5.02 Å². The predicted octanol–water partition coefficient (Wildman–Crippen LogP) is 4.83. The average molecular weight is 325 g/mol. The molecule has 2 aromatic rings. The van der Waals surface area contributed by atoms with Gasteiger partial charge in [0.1, 0.15) is 12.4 Å². The third-order valence-corrected chi connectivity index (χ3v) is 4.42. The average Bonchev–Trinajstić information content (AvgIpc) is 2.47. The number of esters is 1. The van der Waals surface area contributed by atoms with Crippen LogP contribution in [0.3, 0.4) is 0 Å². The first-order valence-corrected chi connectivity index (χ1v) is 7.70. The Hall–Kier alpha value is -1.52. The predicted molar refractivity (Wildman–Crippen MR) is 82.9 cm³/mol. The minimum absolute atomic E-state index is 0.0230. The molecule has 0 heterocycles. The number of benzene rings is 2. The fourth-order valence-electron chi connectivity index (χ4n) is 1.74. The van der Waals surface area contributed by atoms with Crippen molar-refractivity contribution < 1.29 is 13.9 Å². The SMILES string of the molecule is CC(=O)OCc1cc(F)cc(SCc2ccccc2)c1Cl. The number of hydrogen-bond acceptors (Lipinski definition) is 3. The van der Waals surface area contributed by atoms with Crippen molar-refractivity contribution in [2.75, 3.05) is 0 Å². The number of rotatable bonds is 5. The molecule has 2 nitrogen and oxygen atoms in total. The third-order valence-electron chi connectivity index (χ3n) is 2.75. The van der Waals surface area contributed by atoms with E-state index in [1.807, 2.05) is 30.3 Å². The van der Waals surface area contributed by atoms with Gasteiger partial charge in [0.2, 0.25) is 0 Å². The van der Waals surface area contributed by atoms with Gasteiger partial charge in [0, 0.05) is 23.1 Å². The smallest absolute Gasteiger partial charge is 0.302 e. The van der Waals surface area contributed by atoms with Crippen LogP contribution in [-0.4, -0.2) is 5.97 Å². The molecule has 0 atom stereocenters. The molecule has 0 aliphatic rings. The van der Waals surface area contributed by atoms with Crippen LogP contribution in [0.15, 0.2) is 47.4 Å². The molecule has 0 aliphatic heterocycles. The van der Waals surface area contributed by atoms with Crippen molar-refractivity contribution in [1.29, 1.82) is 0 Å². The summed E-state index contributed by atoms with van der Waals surface area (Å²) in [5, 5.41) is 0.429. The van der Waals surface area contributed by atoms with E-state index in [2.05, 4.69) is 0 Å². The molecule has 2 aromatic carbocycles. The van der Waals surface area contributed by atoms with Gasteiger partial charge in [-0.15, -0.1) is 11.8 Å². The van der Waals surface area contributed by atoms with Crippen LogP contribution in [0, 0.1) is 5.82 Å². The van der Waals surface area contributed by atoms with Crippen LogP contribution in [0.4, 0.5) is 4.39 Å². The zero-order valence-corrected chi connectivity index (χ0v) is 13.0. The fourth-order valence-corrected chi connectivity index (χ4v) is 3.04. The summed E-state index contributed by atoms with van der Waals surface area (Å²) >= 11 is 7.70. The Labute approximate surface area is 132 Å². The number of carbonyl (C=O) groups excluding carboxylic acids is 1. The number of carbonyl (C=O) groups is 1. The fraction of sp³-hybridized carbons (Fsp3) is 0.188. The Morgan fingerprint density at radius 3 is 2.67 bits per heavy atom. The summed E-state index contributed by atoms with van der Waals surface area (Å²) < 4.78 is 18.5. The van der Waals surface area contributed by atoms with Crippen LogP contribution in [0.5, 0.6) is 0 Å². The van der Waals surface area contributed by atoms with Gasteiger partial charge in [-0.3, -0.25) is 4.79 Å². The van der Waals surface area contributed by atoms with Gasteiger partial charge in [-0.25, -0.2) is 4.39 Å². The van der Waals surface area contributed by atoms with Crippen molar-refractivity contribution in [3.8, 4) is 0 Å². The molecule has 0 aliphatic carbocycles. The van der Waals surface area contributed by atoms with E-state index in [9.17, 15) is 9.18 Å². The van der Waals surface area contributed by atoms with E-state index in [1.54, 1.807) is 0 Å². The molecule has 0 radical (unpaired) electrons. The quantitative estimate of drug-likeness (QED) is 0.582. The van der Waals surface area contributed by atoms with E-state index in [1.165, 1.54) is 30.8 Å². The molecular formula is C16H14ClFO2S. The maximum absolute atomic E-state index is 13.6. The molecule has 0 amide bonds. The highest BCUT2D eigenvalue weighted by molar-refractivity contribution is 7.98. The number of thioether (sulfide) groups is 1. The minimum atomic E-state index is -0.422. The first-order chi connectivity index (χ1) is 10.1. The van der Waals surface area contributed by atoms with Gasteiger partial charge < -0.3 is 4.74 Å². The van der Waals surface area contributed by atoms with Crippen molar-refractivity contribution >= 4 is 29.3 Å². The zero-order chi connectivity index (χ0) is 15.2. The summed E-state index contributed by atoms with van der Waals surface area (Å²) in [4.78, 5) is 11.5. The van der Waals surface area contributed by atoms with E-state index < -0.39 is 11.8 Å². The molecule has 0 aromatic heterocycles. The van der Waals surface area contributed by atoms with Crippen molar-refractivity contribution in [1.82, 2.24) is 0 Å². The van der Waals surface area contributed by atoms with Gasteiger partial charge in [0.15, 0.2) is 0 Å². The summed E-state index contributed by atoms with van der Waals surface area (Å²) in [7, 11) is 0. The molecule has 0 spiro atoms. The lowest BCUT2D eigenvalue weighted by molar-refractivity contribution is -0.142. The van der Waals surface area contributed by atoms with Gasteiger partial charge in [-0.1, -0.05) is 41.9 Å². The second-order valence-electron chi connectivity index (χ2n) is 4.43. The Morgan fingerprint density at radius 1 is 1.29 bits per heavy atom. The molecule has 0 saturated carbocycles. The van der Waals surface area contributed by atoms with E-state index >= 15 is 0 Å². The van der Waals surface area contributed by atoms with Crippen LogP contribution in [-0.2, 0) is 21.9 Å². The lowest BCUT2D eigenvalue weighted by Crippen LogP contribution is -2.00. The van der Waals surface area contributed by atoms with Gasteiger partial charge >= 0.3 is 5.97 Å². The van der Waals surface area contributed by atoms with E-state index in [-0.39, 0.29) is 6.61 Å². The largest absolute Gasteiger partial charge is 0.461 e. The van der Waals surface area contributed by atoms with Crippen LogP contribution < -0.4 is 0 Å². The number of hydrogen-bond donors (Lipinski definition) is 0. The Balaban J connectivity index is 2.13. The van der Waals surface area contributed by atoms with E-state index in [4.69, 9.17) is 16.3 Å². The molecule has 0 unspecified atom stereocenters. The molecule has 21 heavy (non-hydrogen) atoms. The second-order valence-corrected chi connectivity index (χ2v) is 5.83. The highest BCUT2D eigenvalue weighted by Crippen LogP contribution is 2.33. The maximum Gasteiger partial charge on any atom is 0.302 e. The summed E-state index contributed by atoms with van der Waals surface area (Å²) in [6.45, 7) is 1.28. The first-order valence-electron chi connectivity index (χ1n) is 6.34. The van der Waals surface area contributed by atoms with Crippen molar-refractivity contribution in [2.45, 2.75) is 24.2 Å². The van der Waals surface area contributed by atoms with E-state index in [0.717, 1.165) is 5.56 Å². The molecule has 0 N–H and O–H groups in total. The molecular weight excluding hydrogens is 311 g/mol. The van der Waals surface area contributed by atoms with Gasteiger partial charge in [-0.2, -0.15) is 0 Å². The van der Waals surface area contributed by atoms with Crippen molar-refractivity contribution in [2.24, 2.45) is 0 Å². The summed E-state index contributed by atoms with van der Waals surface area (Å²) in [5.74, 6) is -0.122. The van der Waals surface area contributed by atoms with Crippen molar-refractivity contribution in [3.05, 3.63) is 64.4 Å². The van der Waals surface area contributed by atoms with Crippen LogP contribution in [0.1, 0.15) is 18.1 Å².